The van der Waals surface area contributed by atoms with Crippen molar-refractivity contribution < 1.29 is 27.4 Å². The minimum Gasteiger partial charge on any atom is -0.465 e. The van der Waals surface area contributed by atoms with Gasteiger partial charge in [0, 0.05) is 12.1 Å². The van der Waals surface area contributed by atoms with Crippen LogP contribution in [0.15, 0.2) is 12.1 Å². The van der Waals surface area contributed by atoms with E-state index in [-0.39, 0.29) is 16.7 Å². The van der Waals surface area contributed by atoms with E-state index >= 15 is 0 Å². The number of rotatable bonds is 3. The molecule has 0 radical (unpaired) electrons. The van der Waals surface area contributed by atoms with E-state index in [0.29, 0.717) is 0 Å². The second-order valence-corrected chi connectivity index (χ2v) is 3.32. The summed E-state index contributed by atoms with van der Waals surface area (Å²) in [6.07, 6.45) is -4.93. The molecule has 0 spiro atoms. The van der Waals surface area contributed by atoms with E-state index < -0.39 is 24.6 Å². The van der Waals surface area contributed by atoms with Crippen molar-refractivity contribution in [2.75, 3.05) is 7.11 Å². The highest BCUT2D eigenvalue weighted by molar-refractivity contribution is 5.94. The molecule has 5 nitrogen and oxygen atoms in total. The highest BCUT2D eigenvalue weighted by atomic mass is 19.4. The number of halogens is 3. The van der Waals surface area contributed by atoms with Crippen LogP contribution >= 0.6 is 0 Å². The molecule has 0 unspecified atom stereocenters. The Morgan fingerprint density at radius 2 is 2.11 bits per heavy atom. The maximum absolute atomic E-state index is 12.2. The molecular weight excluding hydrogens is 265 g/mol. The number of alkyl halides is 3. The number of carbonyl (C=O) groups excluding carboxylic acids is 1. The summed E-state index contributed by atoms with van der Waals surface area (Å²) in [4.78, 5) is 11.5. The number of nitriles is 1. The summed E-state index contributed by atoms with van der Waals surface area (Å²) in [6.45, 7) is -0.411. The number of nitrogens with two attached hydrogens (primary N) is 1. The largest absolute Gasteiger partial charge is 0.573 e. The van der Waals surface area contributed by atoms with Crippen molar-refractivity contribution in [3.05, 3.63) is 28.8 Å². The molecule has 2 N–H and O–H groups in total. The summed E-state index contributed by atoms with van der Waals surface area (Å²) in [5.74, 6) is -1.58. The normalized spacial score (nSPS) is 10.7. The van der Waals surface area contributed by atoms with E-state index in [9.17, 15) is 18.0 Å². The summed E-state index contributed by atoms with van der Waals surface area (Å²) in [6, 6.07) is 3.65. The fourth-order valence-corrected chi connectivity index (χ4v) is 1.48. The Morgan fingerprint density at radius 3 is 2.53 bits per heavy atom. The number of hydrogen-bond donors (Lipinski definition) is 1. The summed E-state index contributed by atoms with van der Waals surface area (Å²) in [5, 5.41) is 8.84. The molecule has 1 aromatic rings. The number of methoxy groups -OCH3 is 1. The summed E-state index contributed by atoms with van der Waals surface area (Å²) in [7, 11) is 1.04. The van der Waals surface area contributed by atoms with Gasteiger partial charge in [0.2, 0.25) is 0 Å². The van der Waals surface area contributed by atoms with Crippen LogP contribution in [0.3, 0.4) is 0 Å². The highest BCUT2D eigenvalue weighted by Crippen LogP contribution is 2.30. The number of benzene rings is 1. The Bertz CT molecular complexity index is 535. The van der Waals surface area contributed by atoms with Crippen molar-refractivity contribution in [1.82, 2.24) is 0 Å². The van der Waals surface area contributed by atoms with Gasteiger partial charge < -0.3 is 15.2 Å². The van der Waals surface area contributed by atoms with Crippen LogP contribution in [-0.4, -0.2) is 19.4 Å². The Labute approximate surface area is 106 Å². The zero-order valence-corrected chi connectivity index (χ0v) is 9.75. The molecule has 19 heavy (non-hydrogen) atoms. The average molecular weight is 274 g/mol. The predicted molar refractivity (Wildman–Crippen MR) is 57.1 cm³/mol. The van der Waals surface area contributed by atoms with E-state index in [2.05, 4.69) is 9.47 Å². The van der Waals surface area contributed by atoms with Gasteiger partial charge in [0.05, 0.1) is 18.2 Å². The van der Waals surface area contributed by atoms with Gasteiger partial charge in [-0.05, 0) is 12.1 Å². The van der Waals surface area contributed by atoms with Crippen molar-refractivity contribution in [2.24, 2.45) is 5.73 Å². The third-order valence-corrected chi connectivity index (χ3v) is 2.21. The first kappa shape index (κ1) is 14.8. The second kappa shape index (κ2) is 5.58. The molecule has 8 heteroatoms. The smallest absolute Gasteiger partial charge is 0.465 e. The maximum atomic E-state index is 12.2. The van der Waals surface area contributed by atoms with Crippen LogP contribution in [-0.2, 0) is 11.3 Å². The van der Waals surface area contributed by atoms with E-state index in [4.69, 9.17) is 11.0 Å². The Balaban J connectivity index is 3.45. The lowest BCUT2D eigenvalue weighted by Crippen LogP contribution is -2.21. The fraction of sp³-hybridized carbons (Fsp3) is 0.273. The number of carbonyl (C=O) groups is 1. The van der Waals surface area contributed by atoms with Crippen LogP contribution in [0.25, 0.3) is 0 Å². The lowest BCUT2D eigenvalue weighted by molar-refractivity contribution is -0.274. The molecule has 0 aliphatic carbocycles. The van der Waals surface area contributed by atoms with E-state index in [0.717, 1.165) is 19.2 Å². The zero-order valence-electron chi connectivity index (χ0n) is 9.75. The van der Waals surface area contributed by atoms with Crippen molar-refractivity contribution >= 4 is 5.97 Å². The third-order valence-electron chi connectivity index (χ3n) is 2.21. The van der Waals surface area contributed by atoms with Gasteiger partial charge in [-0.2, -0.15) is 5.26 Å². The van der Waals surface area contributed by atoms with Gasteiger partial charge in [-0.3, -0.25) is 0 Å². The van der Waals surface area contributed by atoms with Gasteiger partial charge in [0.25, 0.3) is 0 Å². The molecular formula is C11H9F3N2O3. The molecule has 0 aliphatic heterocycles. The van der Waals surface area contributed by atoms with Crippen LogP contribution in [0.2, 0.25) is 0 Å². The summed E-state index contributed by atoms with van der Waals surface area (Å²) < 4.78 is 44.8. The van der Waals surface area contributed by atoms with Gasteiger partial charge in [-0.15, -0.1) is 13.2 Å². The quantitative estimate of drug-likeness (QED) is 0.848. The van der Waals surface area contributed by atoms with Gasteiger partial charge >= 0.3 is 12.3 Å². The van der Waals surface area contributed by atoms with Crippen molar-refractivity contribution in [3.8, 4) is 11.8 Å². The topological polar surface area (TPSA) is 85.3 Å². The fourth-order valence-electron chi connectivity index (χ4n) is 1.48. The molecule has 102 valence electrons. The van der Waals surface area contributed by atoms with Crippen LogP contribution < -0.4 is 10.5 Å². The third kappa shape index (κ3) is 3.35. The average Bonchev–Trinajstić information content (AvgIpc) is 2.35. The molecule has 0 aliphatic rings. The summed E-state index contributed by atoms with van der Waals surface area (Å²) >= 11 is 0. The Kier molecular flexibility index (Phi) is 4.34. The van der Waals surface area contributed by atoms with Crippen LogP contribution in [0.4, 0.5) is 13.2 Å². The molecule has 0 aromatic heterocycles. The van der Waals surface area contributed by atoms with Crippen LogP contribution in [0.5, 0.6) is 5.75 Å². The SMILES string of the molecule is COC(=O)c1c(C#N)ccc(OC(F)(F)F)c1CN. The molecule has 0 fully saturated rings. The predicted octanol–water partition coefficient (Wildman–Crippen LogP) is 1.70. The van der Waals surface area contributed by atoms with Crippen molar-refractivity contribution in [1.29, 1.82) is 5.26 Å². The number of ether oxygens (including phenoxy) is 2. The number of nitrogens with zero attached hydrogens (tertiary/aromatic N) is 1. The molecule has 0 heterocycles. The standard InChI is InChI=1S/C11H9F3N2O3/c1-18-10(17)9-6(4-15)2-3-8(7(9)5-16)19-11(12,13)14/h2-3H,5,16H2,1H3. The number of esters is 1. The van der Waals surface area contributed by atoms with Crippen molar-refractivity contribution in [2.45, 2.75) is 12.9 Å². The molecule has 0 saturated heterocycles. The first-order valence-corrected chi connectivity index (χ1v) is 4.94. The molecule has 0 bridgehead atoms. The first-order valence-electron chi connectivity index (χ1n) is 4.94. The molecule has 1 aromatic carbocycles. The molecule has 0 amide bonds. The van der Waals surface area contributed by atoms with Gasteiger partial charge in [0.1, 0.15) is 11.8 Å². The van der Waals surface area contributed by atoms with Gasteiger partial charge in [-0.1, -0.05) is 0 Å². The highest BCUT2D eigenvalue weighted by Gasteiger charge is 2.33. The number of hydrogen-bond acceptors (Lipinski definition) is 5. The van der Waals surface area contributed by atoms with Gasteiger partial charge in [-0.25, -0.2) is 4.79 Å². The minimum absolute atomic E-state index is 0.137. The Morgan fingerprint density at radius 1 is 1.47 bits per heavy atom. The molecule has 0 atom stereocenters. The van der Waals surface area contributed by atoms with Crippen LogP contribution in [0, 0.1) is 11.3 Å². The Hall–Kier alpha value is -2.27. The first-order chi connectivity index (χ1) is 8.84. The van der Waals surface area contributed by atoms with Crippen LogP contribution in [0.1, 0.15) is 21.5 Å². The van der Waals surface area contributed by atoms with E-state index in [1.165, 1.54) is 0 Å². The lowest BCUT2D eigenvalue weighted by Gasteiger charge is -2.15. The zero-order chi connectivity index (χ0) is 14.6. The van der Waals surface area contributed by atoms with E-state index in [1.54, 1.807) is 6.07 Å². The van der Waals surface area contributed by atoms with E-state index in [1.807, 2.05) is 0 Å². The minimum atomic E-state index is -4.93. The molecule has 1 rings (SSSR count). The van der Waals surface area contributed by atoms with Crippen molar-refractivity contribution in [3.63, 3.8) is 0 Å². The monoisotopic (exact) mass is 274 g/mol. The lowest BCUT2D eigenvalue weighted by atomic mass is 10.0. The maximum Gasteiger partial charge on any atom is 0.573 e. The summed E-state index contributed by atoms with van der Waals surface area (Å²) in [5.41, 5.74) is 4.63. The molecule has 0 saturated carbocycles. The second-order valence-electron chi connectivity index (χ2n) is 3.32. The van der Waals surface area contributed by atoms with Gasteiger partial charge in [0.15, 0.2) is 0 Å².